The topological polar surface area (TPSA) is 47.9 Å². The van der Waals surface area contributed by atoms with Crippen molar-refractivity contribution in [2.24, 2.45) is 4.99 Å². The van der Waals surface area contributed by atoms with Crippen LogP contribution in [0.1, 0.15) is 25.3 Å². The average molecular weight is 421 g/mol. The minimum atomic E-state index is -0.618. The maximum absolute atomic E-state index is 13.3. The quantitative estimate of drug-likeness (QED) is 0.233. The molecule has 0 saturated heterocycles. The SMILES string of the molecule is C=CCCCN(C)C(=NCc1ccc(O)c(F)c1)NCC.I. The predicted octanol–water partition coefficient (Wildman–Crippen LogP) is 3.51. The third kappa shape index (κ3) is 7.11. The highest BCUT2D eigenvalue weighted by Gasteiger charge is 2.06. The van der Waals surface area contributed by atoms with E-state index >= 15 is 0 Å². The molecule has 0 aliphatic carbocycles. The van der Waals surface area contributed by atoms with E-state index in [1.807, 2.05) is 24.9 Å². The number of hydrogen-bond donors (Lipinski definition) is 2. The summed E-state index contributed by atoms with van der Waals surface area (Å²) in [6.07, 6.45) is 3.88. The predicted molar refractivity (Wildman–Crippen MR) is 100 cm³/mol. The van der Waals surface area contributed by atoms with E-state index in [9.17, 15) is 9.50 Å². The van der Waals surface area contributed by atoms with Gasteiger partial charge in [-0.3, -0.25) is 0 Å². The second-order valence-corrected chi connectivity index (χ2v) is 4.81. The van der Waals surface area contributed by atoms with E-state index in [4.69, 9.17) is 0 Å². The summed E-state index contributed by atoms with van der Waals surface area (Å²) in [6, 6.07) is 4.32. The summed E-state index contributed by atoms with van der Waals surface area (Å²) in [7, 11) is 1.97. The summed E-state index contributed by atoms with van der Waals surface area (Å²) in [5, 5.41) is 12.4. The number of aliphatic imine (C=N–C) groups is 1. The van der Waals surface area contributed by atoms with Crippen molar-refractivity contribution in [2.75, 3.05) is 20.1 Å². The number of nitrogens with one attached hydrogen (secondary N) is 1. The third-order valence-electron chi connectivity index (χ3n) is 3.02. The lowest BCUT2D eigenvalue weighted by molar-refractivity contribution is 0.432. The Hall–Kier alpha value is -1.31. The maximum Gasteiger partial charge on any atom is 0.193 e. The lowest BCUT2D eigenvalue weighted by Crippen LogP contribution is -2.39. The molecule has 0 aliphatic rings. The van der Waals surface area contributed by atoms with Crippen LogP contribution in [0.5, 0.6) is 5.75 Å². The van der Waals surface area contributed by atoms with E-state index in [0.717, 1.165) is 37.5 Å². The molecule has 0 aromatic heterocycles. The van der Waals surface area contributed by atoms with Crippen LogP contribution in [0.4, 0.5) is 4.39 Å². The van der Waals surface area contributed by atoms with Gasteiger partial charge in [0.15, 0.2) is 17.5 Å². The van der Waals surface area contributed by atoms with E-state index in [1.165, 1.54) is 12.1 Å². The number of aromatic hydroxyl groups is 1. The molecule has 0 heterocycles. The minimum absolute atomic E-state index is 0. The van der Waals surface area contributed by atoms with Gasteiger partial charge in [0, 0.05) is 20.1 Å². The Morgan fingerprint density at radius 1 is 1.50 bits per heavy atom. The van der Waals surface area contributed by atoms with Gasteiger partial charge in [0.05, 0.1) is 6.54 Å². The lowest BCUT2D eigenvalue weighted by atomic mass is 10.2. The number of guanidine groups is 1. The van der Waals surface area contributed by atoms with Crippen LogP contribution in [-0.4, -0.2) is 36.1 Å². The van der Waals surface area contributed by atoms with E-state index < -0.39 is 5.82 Å². The summed E-state index contributed by atoms with van der Waals surface area (Å²) >= 11 is 0. The van der Waals surface area contributed by atoms with Crippen molar-refractivity contribution in [3.8, 4) is 5.75 Å². The van der Waals surface area contributed by atoms with Crippen molar-refractivity contribution in [3.05, 3.63) is 42.2 Å². The van der Waals surface area contributed by atoms with Crippen LogP contribution in [0.3, 0.4) is 0 Å². The molecule has 4 nitrogen and oxygen atoms in total. The van der Waals surface area contributed by atoms with Gasteiger partial charge >= 0.3 is 0 Å². The number of benzene rings is 1. The largest absolute Gasteiger partial charge is 0.505 e. The molecule has 0 radical (unpaired) electrons. The van der Waals surface area contributed by atoms with Gasteiger partial charge in [-0.15, -0.1) is 30.6 Å². The Balaban J connectivity index is 0.00000441. The monoisotopic (exact) mass is 421 g/mol. The fraction of sp³-hybridized carbons (Fsp3) is 0.438. The summed E-state index contributed by atoms with van der Waals surface area (Å²) in [5.41, 5.74) is 0.722. The fourth-order valence-electron chi connectivity index (χ4n) is 1.86. The molecule has 0 atom stereocenters. The molecule has 2 N–H and O–H groups in total. The number of hydrogen-bond acceptors (Lipinski definition) is 2. The number of nitrogens with zero attached hydrogens (tertiary/aromatic N) is 2. The van der Waals surface area contributed by atoms with Crippen molar-refractivity contribution in [1.82, 2.24) is 10.2 Å². The first-order chi connectivity index (χ1) is 10.1. The summed E-state index contributed by atoms with van der Waals surface area (Å²) < 4.78 is 13.3. The zero-order valence-corrected chi connectivity index (χ0v) is 15.5. The van der Waals surface area contributed by atoms with Gasteiger partial charge in [0.2, 0.25) is 0 Å². The molecular weight excluding hydrogens is 396 g/mol. The molecule has 0 bridgehead atoms. The molecule has 0 fully saturated rings. The van der Waals surface area contributed by atoms with Gasteiger partial charge in [0.25, 0.3) is 0 Å². The third-order valence-corrected chi connectivity index (χ3v) is 3.02. The van der Waals surface area contributed by atoms with Gasteiger partial charge < -0.3 is 15.3 Å². The molecule has 0 unspecified atom stereocenters. The molecule has 1 aromatic rings. The Bertz CT molecular complexity index is 494. The lowest BCUT2D eigenvalue weighted by Gasteiger charge is -2.21. The van der Waals surface area contributed by atoms with E-state index in [2.05, 4.69) is 16.9 Å². The molecule has 0 saturated carbocycles. The van der Waals surface area contributed by atoms with Crippen LogP contribution in [-0.2, 0) is 6.54 Å². The van der Waals surface area contributed by atoms with Crippen LogP contribution in [0.15, 0.2) is 35.8 Å². The smallest absolute Gasteiger partial charge is 0.193 e. The highest BCUT2D eigenvalue weighted by molar-refractivity contribution is 14.0. The average Bonchev–Trinajstić information content (AvgIpc) is 2.47. The van der Waals surface area contributed by atoms with Crippen LogP contribution >= 0.6 is 24.0 Å². The van der Waals surface area contributed by atoms with Crippen molar-refractivity contribution in [2.45, 2.75) is 26.3 Å². The van der Waals surface area contributed by atoms with Crippen molar-refractivity contribution >= 4 is 29.9 Å². The van der Waals surface area contributed by atoms with E-state index in [-0.39, 0.29) is 29.7 Å². The second-order valence-electron chi connectivity index (χ2n) is 4.81. The maximum atomic E-state index is 13.3. The standard InChI is InChI=1S/C16H24FN3O.HI/c1-4-6-7-10-20(3)16(18-5-2)19-12-13-8-9-15(21)14(17)11-13;/h4,8-9,11,21H,1,5-7,10,12H2,2-3H3,(H,18,19);1H. The number of phenolic OH excluding ortho intramolecular Hbond substituents is 1. The molecule has 22 heavy (non-hydrogen) atoms. The molecular formula is C16H25FIN3O. The van der Waals surface area contributed by atoms with Crippen molar-refractivity contribution < 1.29 is 9.50 Å². The van der Waals surface area contributed by atoms with Gasteiger partial charge in [-0.1, -0.05) is 12.1 Å². The Morgan fingerprint density at radius 2 is 2.23 bits per heavy atom. The Kier molecular flexibility index (Phi) is 10.6. The highest BCUT2D eigenvalue weighted by atomic mass is 127. The number of phenols is 1. The molecule has 124 valence electrons. The van der Waals surface area contributed by atoms with Gasteiger partial charge in [-0.2, -0.15) is 0 Å². The van der Waals surface area contributed by atoms with E-state index in [0.29, 0.717) is 6.54 Å². The first-order valence-corrected chi connectivity index (χ1v) is 7.16. The molecule has 1 aromatic carbocycles. The minimum Gasteiger partial charge on any atom is -0.505 e. The second kappa shape index (κ2) is 11.3. The molecule has 6 heteroatoms. The fourth-order valence-corrected chi connectivity index (χ4v) is 1.86. The van der Waals surface area contributed by atoms with Crippen molar-refractivity contribution in [3.63, 3.8) is 0 Å². The first kappa shape index (κ1) is 20.7. The van der Waals surface area contributed by atoms with Crippen molar-refractivity contribution in [1.29, 1.82) is 0 Å². The van der Waals surface area contributed by atoms with Crippen LogP contribution in [0, 0.1) is 5.82 Å². The molecule has 0 spiro atoms. The molecule has 0 aliphatic heterocycles. The molecule has 0 amide bonds. The van der Waals surface area contributed by atoms with Gasteiger partial charge in [-0.05, 0) is 37.5 Å². The summed E-state index contributed by atoms with van der Waals surface area (Å²) in [4.78, 5) is 6.54. The number of allylic oxidation sites excluding steroid dienone is 1. The van der Waals surface area contributed by atoms with Gasteiger partial charge in [0.1, 0.15) is 0 Å². The summed E-state index contributed by atoms with van der Waals surface area (Å²) in [5.74, 6) is -0.168. The number of unbranched alkanes of at least 4 members (excludes halogenated alkanes) is 1. The van der Waals surface area contributed by atoms with Crippen LogP contribution in [0.2, 0.25) is 0 Å². The number of rotatable bonds is 7. The summed E-state index contributed by atoms with van der Waals surface area (Å²) in [6.45, 7) is 7.73. The number of halogens is 2. The van der Waals surface area contributed by atoms with E-state index in [1.54, 1.807) is 6.07 Å². The zero-order chi connectivity index (χ0) is 15.7. The molecule has 1 rings (SSSR count). The zero-order valence-electron chi connectivity index (χ0n) is 13.2. The van der Waals surface area contributed by atoms with Crippen LogP contribution in [0.25, 0.3) is 0 Å². The normalized spacial score (nSPS) is 10.8. The first-order valence-electron chi connectivity index (χ1n) is 7.16. The van der Waals surface area contributed by atoms with Crippen LogP contribution < -0.4 is 5.32 Å². The Morgan fingerprint density at radius 3 is 2.82 bits per heavy atom. The van der Waals surface area contributed by atoms with Gasteiger partial charge in [-0.25, -0.2) is 9.38 Å². The Labute approximate surface area is 149 Å². The highest BCUT2D eigenvalue weighted by Crippen LogP contribution is 2.16.